The number of aryl methyl sites for hydroxylation is 1. The normalized spacial score (nSPS) is 13.1. The van der Waals surface area contributed by atoms with E-state index in [1.165, 1.54) is 6.92 Å². The van der Waals surface area contributed by atoms with Gasteiger partial charge in [0.05, 0.1) is 5.60 Å². The second-order valence-corrected chi connectivity index (χ2v) is 5.64. The van der Waals surface area contributed by atoms with E-state index in [2.05, 4.69) is 10.3 Å². The van der Waals surface area contributed by atoms with Crippen molar-refractivity contribution >= 4 is 11.1 Å². The molecule has 0 saturated heterocycles. The number of benzene rings is 1. The van der Waals surface area contributed by atoms with Gasteiger partial charge < -0.3 is 14.8 Å². The van der Waals surface area contributed by atoms with Gasteiger partial charge in [-0.3, -0.25) is 0 Å². The maximum atomic E-state index is 13.1. The first-order chi connectivity index (χ1) is 9.56. The van der Waals surface area contributed by atoms with Crippen LogP contribution in [-0.4, -0.2) is 22.2 Å². The van der Waals surface area contributed by atoms with Gasteiger partial charge in [-0.25, -0.2) is 4.98 Å². The van der Waals surface area contributed by atoms with Crippen molar-refractivity contribution in [1.82, 2.24) is 10.3 Å². The Balaban J connectivity index is 2.33. The molecule has 1 heterocycles. The first kappa shape index (κ1) is 15.8. The van der Waals surface area contributed by atoms with Gasteiger partial charge >= 0.3 is 6.18 Å². The number of hydrogen-bond donors (Lipinski definition) is 2. The van der Waals surface area contributed by atoms with Crippen molar-refractivity contribution in [2.45, 2.75) is 39.1 Å². The van der Waals surface area contributed by atoms with E-state index >= 15 is 0 Å². The average Bonchev–Trinajstić information content (AvgIpc) is 2.64. The van der Waals surface area contributed by atoms with E-state index in [1.807, 2.05) is 0 Å². The van der Waals surface area contributed by atoms with Crippen LogP contribution in [0.4, 0.5) is 13.2 Å². The highest BCUT2D eigenvalue weighted by atomic mass is 19.4. The smallest absolute Gasteiger partial charge is 0.420 e. The zero-order valence-corrected chi connectivity index (χ0v) is 12.0. The number of aromatic nitrogens is 1. The van der Waals surface area contributed by atoms with E-state index in [-0.39, 0.29) is 30.1 Å². The third-order valence-corrected chi connectivity index (χ3v) is 2.85. The van der Waals surface area contributed by atoms with Crippen LogP contribution in [0.5, 0.6) is 0 Å². The van der Waals surface area contributed by atoms with Gasteiger partial charge in [0.15, 0.2) is 11.5 Å². The molecule has 0 amide bonds. The summed E-state index contributed by atoms with van der Waals surface area (Å²) >= 11 is 0. The average molecular weight is 302 g/mol. The summed E-state index contributed by atoms with van der Waals surface area (Å²) in [5.74, 6) is 0.192. The van der Waals surface area contributed by atoms with Crippen molar-refractivity contribution in [3.8, 4) is 0 Å². The lowest BCUT2D eigenvalue weighted by Gasteiger charge is -2.18. The van der Waals surface area contributed by atoms with E-state index < -0.39 is 17.3 Å². The van der Waals surface area contributed by atoms with Crippen LogP contribution in [0.2, 0.25) is 0 Å². The number of hydrogen-bond acceptors (Lipinski definition) is 4. The Hall–Kier alpha value is -1.60. The minimum atomic E-state index is -4.50. The van der Waals surface area contributed by atoms with Gasteiger partial charge in [-0.05, 0) is 31.5 Å². The largest absolute Gasteiger partial charge is 0.440 e. The third kappa shape index (κ3) is 3.95. The number of alkyl halides is 3. The number of aliphatic hydroxyl groups is 1. The van der Waals surface area contributed by atoms with Gasteiger partial charge in [0.1, 0.15) is 11.1 Å². The quantitative estimate of drug-likeness (QED) is 0.911. The summed E-state index contributed by atoms with van der Waals surface area (Å²) in [6.45, 7) is 5.21. The van der Waals surface area contributed by atoms with E-state index in [4.69, 9.17) is 4.42 Å². The molecule has 7 heteroatoms. The molecule has 0 saturated carbocycles. The fourth-order valence-electron chi connectivity index (χ4n) is 2.03. The van der Waals surface area contributed by atoms with Gasteiger partial charge in [-0.2, -0.15) is 13.2 Å². The number of rotatable bonds is 4. The molecule has 0 atom stereocenters. The zero-order chi connectivity index (χ0) is 15.8. The van der Waals surface area contributed by atoms with Crippen molar-refractivity contribution in [2.75, 3.05) is 6.54 Å². The molecule has 1 aromatic heterocycles. The summed E-state index contributed by atoms with van der Waals surface area (Å²) in [5, 5.41) is 12.5. The number of fused-ring (bicyclic) bond motifs is 1. The summed E-state index contributed by atoms with van der Waals surface area (Å²) in [6, 6.07) is 2.60. The summed E-state index contributed by atoms with van der Waals surface area (Å²) in [7, 11) is 0. The molecular weight excluding hydrogens is 285 g/mol. The standard InChI is InChI=1S/C14H17F3N2O2/c1-8-19-11-5-9(6-18-7-13(2,3)20)4-10(12(11)21-8)14(15,16)17/h4-5,18,20H,6-7H2,1-3H3. The van der Waals surface area contributed by atoms with Gasteiger partial charge in [-0.15, -0.1) is 0 Å². The Morgan fingerprint density at radius 3 is 2.52 bits per heavy atom. The van der Waals surface area contributed by atoms with Crippen molar-refractivity contribution < 1.29 is 22.7 Å². The maximum Gasteiger partial charge on any atom is 0.420 e. The highest BCUT2D eigenvalue weighted by molar-refractivity contribution is 5.78. The second-order valence-electron chi connectivity index (χ2n) is 5.64. The second kappa shape index (κ2) is 5.31. The highest BCUT2D eigenvalue weighted by Gasteiger charge is 2.35. The Morgan fingerprint density at radius 1 is 1.29 bits per heavy atom. The SMILES string of the molecule is Cc1nc2cc(CNCC(C)(C)O)cc(C(F)(F)F)c2o1. The topological polar surface area (TPSA) is 58.3 Å². The third-order valence-electron chi connectivity index (χ3n) is 2.85. The van der Waals surface area contributed by atoms with Crippen molar-refractivity contribution in [3.05, 3.63) is 29.2 Å². The predicted molar refractivity (Wildman–Crippen MR) is 71.8 cm³/mol. The van der Waals surface area contributed by atoms with E-state index in [0.717, 1.165) is 6.07 Å². The minimum absolute atomic E-state index is 0.183. The Morgan fingerprint density at radius 2 is 1.95 bits per heavy atom. The van der Waals surface area contributed by atoms with Crippen LogP contribution < -0.4 is 5.32 Å². The molecule has 0 radical (unpaired) electrons. The first-order valence-corrected chi connectivity index (χ1v) is 6.46. The molecule has 0 bridgehead atoms. The van der Waals surface area contributed by atoms with Crippen LogP contribution in [0.15, 0.2) is 16.5 Å². The van der Waals surface area contributed by atoms with Crippen molar-refractivity contribution in [2.24, 2.45) is 0 Å². The lowest BCUT2D eigenvalue weighted by Crippen LogP contribution is -2.34. The van der Waals surface area contributed by atoms with E-state index in [0.29, 0.717) is 5.56 Å². The van der Waals surface area contributed by atoms with Crippen LogP contribution in [0.25, 0.3) is 11.1 Å². The molecule has 21 heavy (non-hydrogen) atoms. The van der Waals surface area contributed by atoms with Crippen molar-refractivity contribution in [3.63, 3.8) is 0 Å². The zero-order valence-electron chi connectivity index (χ0n) is 12.0. The lowest BCUT2D eigenvalue weighted by molar-refractivity contribution is -0.136. The monoisotopic (exact) mass is 302 g/mol. The molecule has 2 rings (SSSR count). The number of halogens is 3. The molecule has 1 aromatic carbocycles. The van der Waals surface area contributed by atoms with Gasteiger partial charge in [0.2, 0.25) is 0 Å². The predicted octanol–water partition coefficient (Wildman–Crippen LogP) is 3.02. The lowest BCUT2D eigenvalue weighted by atomic mass is 10.1. The summed E-state index contributed by atoms with van der Waals surface area (Å²) in [5.41, 5.74) is -1.39. The Kier molecular flexibility index (Phi) is 3.99. The summed E-state index contributed by atoms with van der Waals surface area (Å²) in [6.07, 6.45) is -4.50. The van der Waals surface area contributed by atoms with Crippen LogP contribution in [0, 0.1) is 6.92 Å². The van der Waals surface area contributed by atoms with Gasteiger partial charge in [0, 0.05) is 20.0 Å². The van der Waals surface area contributed by atoms with Crippen LogP contribution in [-0.2, 0) is 12.7 Å². The number of nitrogens with one attached hydrogen (secondary N) is 1. The Labute approximate surface area is 120 Å². The maximum absolute atomic E-state index is 13.1. The van der Waals surface area contributed by atoms with E-state index in [9.17, 15) is 18.3 Å². The van der Waals surface area contributed by atoms with Gasteiger partial charge in [-0.1, -0.05) is 0 Å². The van der Waals surface area contributed by atoms with Crippen molar-refractivity contribution in [1.29, 1.82) is 0 Å². The molecule has 4 nitrogen and oxygen atoms in total. The molecule has 2 N–H and O–H groups in total. The Bertz CT molecular complexity index is 642. The van der Waals surface area contributed by atoms with E-state index in [1.54, 1.807) is 19.9 Å². The highest BCUT2D eigenvalue weighted by Crippen LogP contribution is 2.36. The van der Waals surface area contributed by atoms with Gasteiger partial charge in [0.25, 0.3) is 0 Å². The summed E-state index contributed by atoms with van der Waals surface area (Å²) < 4.78 is 44.3. The van der Waals surface area contributed by atoms with Crippen LogP contribution in [0.3, 0.4) is 0 Å². The molecule has 0 fully saturated rings. The first-order valence-electron chi connectivity index (χ1n) is 6.46. The fraction of sp³-hybridized carbons (Fsp3) is 0.500. The van der Waals surface area contributed by atoms with Crippen LogP contribution in [0.1, 0.15) is 30.9 Å². The molecule has 0 unspecified atom stereocenters. The van der Waals surface area contributed by atoms with Crippen LogP contribution >= 0.6 is 0 Å². The number of nitrogens with zero attached hydrogens (tertiary/aromatic N) is 1. The molecule has 0 aliphatic rings. The molecule has 0 aliphatic heterocycles. The minimum Gasteiger partial charge on any atom is -0.440 e. The molecule has 0 aliphatic carbocycles. The molecular formula is C14H17F3N2O2. The molecule has 116 valence electrons. The fourth-order valence-corrected chi connectivity index (χ4v) is 2.03. The number of oxazole rings is 1. The molecule has 2 aromatic rings. The summed E-state index contributed by atoms with van der Waals surface area (Å²) in [4.78, 5) is 3.96. The molecule has 0 spiro atoms.